The molecule has 2 aliphatic rings. The van der Waals surface area contributed by atoms with Crippen molar-refractivity contribution in [1.82, 2.24) is 14.9 Å². The molecule has 0 radical (unpaired) electrons. The van der Waals surface area contributed by atoms with Gasteiger partial charge >= 0.3 is 5.69 Å². The number of nitrogens with one attached hydrogen (secondary N) is 2. The second-order valence-corrected chi connectivity index (χ2v) is 9.25. The Kier molecular flexibility index (Phi) is 4.84. The number of aromatic amines is 1. The molecule has 4 aromatic rings. The molecule has 168 valence electrons. The second-order valence-electron chi connectivity index (χ2n) is 9.25. The SMILES string of the molecule is COc1cccc2c1CC[C@H]1CNC(CCn3c(=O)[nH]c4c(ccc5ccccc54)c3=O)[C@@H]21. The van der Waals surface area contributed by atoms with Crippen LogP contribution in [0.3, 0.4) is 0 Å². The van der Waals surface area contributed by atoms with Crippen LogP contribution in [0, 0.1) is 5.92 Å². The molecule has 0 saturated carbocycles. The van der Waals surface area contributed by atoms with E-state index in [1.807, 2.05) is 42.5 Å². The number of hydrogen-bond acceptors (Lipinski definition) is 4. The van der Waals surface area contributed by atoms with E-state index in [1.165, 1.54) is 15.7 Å². The molecule has 1 aliphatic carbocycles. The molecule has 1 unspecified atom stereocenters. The third kappa shape index (κ3) is 3.20. The smallest absolute Gasteiger partial charge is 0.328 e. The van der Waals surface area contributed by atoms with Crippen LogP contribution in [-0.4, -0.2) is 29.2 Å². The van der Waals surface area contributed by atoms with Crippen molar-refractivity contribution >= 4 is 21.7 Å². The van der Waals surface area contributed by atoms with E-state index >= 15 is 0 Å². The van der Waals surface area contributed by atoms with Gasteiger partial charge < -0.3 is 15.0 Å². The molecule has 0 bridgehead atoms. The number of aromatic nitrogens is 2. The summed E-state index contributed by atoms with van der Waals surface area (Å²) in [6.07, 6.45) is 2.89. The fourth-order valence-electron chi connectivity index (χ4n) is 6.07. The van der Waals surface area contributed by atoms with E-state index in [2.05, 4.69) is 22.4 Å². The predicted octanol–water partition coefficient (Wildman–Crippen LogP) is 3.56. The van der Waals surface area contributed by atoms with Gasteiger partial charge in [-0.05, 0) is 60.4 Å². The molecule has 2 N–H and O–H groups in total. The number of hydrogen-bond donors (Lipinski definition) is 2. The van der Waals surface area contributed by atoms with Gasteiger partial charge in [0.15, 0.2) is 0 Å². The van der Waals surface area contributed by atoms with E-state index in [-0.39, 0.29) is 17.3 Å². The zero-order chi connectivity index (χ0) is 22.5. The highest BCUT2D eigenvalue weighted by atomic mass is 16.5. The van der Waals surface area contributed by atoms with Crippen LogP contribution in [0.15, 0.2) is 64.2 Å². The van der Waals surface area contributed by atoms with Crippen molar-refractivity contribution < 1.29 is 4.74 Å². The Morgan fingerprint density at radius 1 is 1.03 bits per heavy atom. The number of ether oxygens (including phenoxy) is 1. The number of nitrogens with zero attached hydrogens (tertiary/aromatic N) is 1. The van der Waals surface area contributed by atoms with Crippen molar-refractivity contribution in [2.75, 3.05) is 13.7 Å². The average Bonchev–Trinajstić information content (AvgIpc) is 3.27. The maximum Gasteiger partial charge on any atom is 0.328 e. The van der Waals surface area contributed by atoms with Crippen molar-refractivity contribution in [3.63, 3.8) is 0 Å². The number of fused-ring (bicyclic) bond motifs is 6. The highest BCUT2D eigenvalue weighted by Gasteiger charge is 2.40. The van der Waals surface area contributed by atoms with Crippen LogP contribution < -0.4 is 21.3 Å². The number of rotatable bonds is 4. The van der Waals surface area contributed by atoms with Gasteiger partial charge in [0.2, 0.25) is 0 Å². The van der Waals surface area contributed by atoms with Crippen LogP contribution in [0.2, 0.25) is 0 Å². The van der Waals surface area contributed by atoms with Crippen molar-refractivity contribution in [2.24, 2.45) is 5.92 Å². The highest BCUT2D eigenvalue weighted by molar-refractivity contribution is 6.04. The van der Waals surface area contributed by atoms with E-state index in [9.17, 15) is 9.59 Å². The molecule has 1 aromatic heterocycles. The molecular formula is C27H27N3O3. The first kappa shape index (κ1) is 20.2. The van der Waals surface area contributed by atoms with Crippen molar-refractivity contribution in [1.29, 1.82) is 0 Å². The van der Waals surface area contributed by atoms with E-state index in [0.717, 1.165) is 42.3 Å². The summed E-state index contributed by atoms with van der Waals surface area (Å²) < 4.78 is 6.98. The zero-order valence-corrected chi connectivity index (χ0v) is 18.6. The average molecular weight is 442 g/mol. The monoisotopic (exact) mass is 441 g/mol. The summed E-state index contributed by atoms with van der Waals surface area (Å²) in [7, 11) is 1.73. The minimum atomic E-state index is -0.343. The fourth-order valence-corrected chi connectivity index (χ4v) is 6.07. The van der Waals surface area contributed by atoms with Crippen LogP contribution in [0.4, 0.5) is 0 Å². The van der Waals surface area contributed by atoms with Gasteiger partial charge in [0.05, 0.1) is 18.0 Å². The molecule has 6 nitrogen and oxygen atoms in total. The van der Waals surface area contributed by atoms with Gasteiger partial charge in [-0.15, -0.1) is 0 Å². The first-order valence-corrected chi connectivity index (χ1v) is 11.7. The molecule has 1 fully saturated rings. The Bertz CT molecular complexity index is 1490. The van der Waals surface area contributed by atoms with Crippen LogP contribution in [0.25, 0.3) is 21.7 Å². The molecule has 2 heterocycles. The summed E-state index contributed by atoms with van der Waals surface area (Å²) >= 11 is 0. The number of methoxy groups -OCH3 is 1. The normalized spacial score (nSPS) is 21.8. The molecule has 3 aromatic carbocycles. The summed E-state index contributed by atoms with van der Waals surface area (Å²) in [5, 5.41) is 6.13. The fraction of sp³-hybridized carbons (Fsp3) is 0.333. The maximum absolute atomic E-state index is 13.3. The quantitative estimate of drug-likeness (QED) is 0.475. The summed E-state index contributed by atoms with van der Waals surface area (Å²) in [6.45, 7) is 1.36. The van der Waals surface area contributed by atoms with E-state index < -0.39 is 0 Å². The first-order chi connectivity index (χ1) is 16.2. The minimum Gasteiger partial charge on any atom is -0.496 e. The Morgan fingerprint density at radius 2 is 1.91 bits per heavy atom. The lowest BCUT2D eigenvalue weighted by Crippen LogP contribution is -2.38. The van der Waals surface area contributed by atoms with Crippen LogP contribution in [-0.2, 0) is 13.0 Å². The topological polar surface area (TPSA) is 76.1 Å². The first-order valence-electron chi connectivity index (χ1n) is 11.7. The highest BCUT2D eigenvalue weighted by Crippen LogP contribution is 2.45. The standard InChI is InChI=1S/C27H27N3O3/c1-33-23-8-4-7-20-19(23)11-10-17-15-28-22(24(17)20)13-14-30-26(31)21-12-9-16-5-2-3-6-18(16)25(21)29-27(30)32/h2-9,12,17,22,24,28H,10-11,13-15H2,1H3,(H,29,32)/t17-,22?,24+/m0/s1. The lowest BCUT2D eigenvalue weighted by atomic mass is 9.73. The van der Waals surface area contributed by atoms with Crippen LogP contribution in [0.5, 0.6) is 5.75 Å². The molecule has 6 rings (SSSR count). The molecule has 0 amide bonds. The Balaban J connectivity index is 1.33. The van der Waals surface area contributed by atoms with Gasteiger partial charge in [0, 0.05) is 23.9 Å². The lowest BCUT2D eigenvalue weighted by Gasteiger charge is -2.32. The predicted molar refractivity (Wildman–Crippen MR) is 130 cm³/mol. The molecule has 0 spiro atoms. The molecule has 3 atom stereocenters. The Morgan fingerprint density at radius 3 is 2.79 bits per heavy atom. The molecule has 6 heteroatoms. The van der Waals surface area contributed by atoms with Crippen molar-refractivity contribution in [2.45, 2.75) is 37.8 Å². The van der Waals surface area contributed by atoms with Gasteiger partial charge in [0.25, 0.3) is 5.56 Å². The van der Waals surface area contributed by atoms with Gasteiger partial charge in [0.1, 0.15) is 5.75 Å². The molecule has 33 heavy (non-hydrogen) atoms. The number of benzene rings is 3. The van der Waals surface area contributed by atoms with Gasteiger partial charge in [-0.25, -0.2) is 4.79 Å². The van der Waals surface area contributed by atoms with Crippen LogP contribution >= 0.6 is 0 Å². The lowest BCUT2D eigenvalue weighted by molar-refractivity contribution is 0.371. The summed E-state index contributed by atoms with van der Waals surface area (Å²) in [6, 6.07) is 18.1. The van der Waals surface area contributed by atoms with Gasteiger partial charge in [-0.2, -0.15) is 0 Å². The maximum atomic E-state index is 13.3. The third-order valence-corrected chi connectivity index (χ3v) is 7.64. The Labute approximate surface area is 191 Å². The summed E-state index contributed by atoms with van der Waals surface area (Å²) in [4.78, 5) is 29.2. The molecule has 1 saturated heterocycles. The van der Waals surface area contributed by atoms with Crippen molar-refractivity contribution in [3.8, 4) is 5.75 Å². The Hall–Kier alpha value is -3.38. The van der Waals surface area contributed by atoms with E-state index in [1.54, 1.807) is 7.11 Å². The number of H-pyrrole nitrogens is 1. The zero-order valence-electron chi connectivity index (χ0n) is 18.6. The third-order valence-electron chi connectivity index (χ3n) is 7.64. The molecule has 1 aliphatic heterocycles. The minimum absolute atomic E-state index is 0.222. The van der Waals surface area contributed by atoms with E-state index in [0.29, 0.717) is 29.3 Å². The van der Waals surface area contributed by atoms with E-state index in [4.69, 9.17) is 4.74 Å². The second kappa shape index (κ2) is 7.89. The summed E-state index contributed by atoms with van der Waals surface area (Å²) in [5.41, 5.74) is 2.71. The van der Waals surface area contributed by atoms with Gasteiger partial charge in [-0.3, -0.25) is 9.36 Å². The van der Waals surface area contributed by atoms with Gasteiger partial charge in [-0.1, -0.05) is 42.5 Å². The van der Waals surface area contributed by atoms with Crippen LogP contribution in [0.1, 0.15) is 29.9 Å². The largest absolute Gasteiger partial charge is 0.496 e. The van der Waals surface area contributed by atoms with Crippen molar-refractivity contribution in [3.05, 3.63) is 86.6 Å². The summed E-state index contributed by atoms with van der Waals surface area (Å²) in [5.74, 6) is 1.92. The molecular weight excluding hydrogens is 414 g/mol.